The minimum Gasteiger partial charge on any atom is -0.462 e. The molecule has 8 nitrogen and oxygen atoms in total. The van der Waals surface area contributed by atoms with Crippen LogP contribution < -0.4 is 0 Å². The van der Waals surface area contributed by atoms with Crippen LogP contribution in [0.1, 0.15) is 78.1 Å². The molecule has 9 heteroatoms. The normalized spacial score (nSPS) is 13.8. The fourth-order valence-corrected chi connectivity index (χ4v) is 3.39. The average molecular weight is 579 g/mol. The first-order valence-electron chi connectivity index (χ1n) is 13.9. The van der Waals surface area contributed by atoms with Crippen molar-refractivity contribution < 1.29 is 37.9 Å². The van der Waals surface area contributed by atoms with Gasteiger partial charge in [0, 0.05) is 12.8 Å². The number of unbranched alkanes of at least 4 members (excludes halogenated alkanes) is 3. The lowest BCUT2D eigenvalue weighted by Gasteiger charge is -2.18. The fraction of sp³-hybridized carbons (Fsp3) is 0.484. The molecule has 0 aliphatic rings. The molecule has 1 unspecified atom stereocenters. The van der Waals surface area contributed by atoms with Crippen LogP contribution in [0.5, 0.6) is 0 Å². The third-order valence-electron chi connectivity index (χ3n) is 5.04. The van der Waals surface area contributed by atoms with Crippen molar-refractivity contribution in [3.8, 4) is 0 Å². The summed E-state index contributed by atoms with van der Waals surface area (Å²) < 4.78 is 25.9. The summed E-state index contributed by atoms with van der Waals surface area (Å²) in [6, 6.07) is 0. The van der Waals surface area contributed by atoms with Crippen molar-refractivity contribution in [2.24, 2.45) is 0 Å². The maximum absolute atomic E-state index is 12.2. The second-order valence-electron chi connectivity index (χ2n) is 8.73. The molecule has 0 aliphatic carbocycles. The Bertz CT molecular complexity index is 922. The van der Waals surface area contributed by atoms with Crippen LogP contribution in [0.3, 0.4) is 0 Å². The first-order valence-corrected chi connectivity index (χ1v) is 15.5. The van der Waals surface area contributed by atoms with Crippen molar-refractivity contribution in [1.29, 1.82) is 0 Å². The molecule has 0 radical (unpaired) electrons. The van der Waals surface area contributed by atoms with E-state index in [1.165, 1.54) is 0 Å². The van der Waals surface area contributed by atoms with Gasteiger partial charge >= 0.3 is 19.8 Å². The first-order chi connectivity index (χ1) is 19.3. The van der Waals surface area contributed by atoms with Crippen molar-refractivity contribution in [2.45, 2.75) is 84.2 Å². The smallest absolute Gasteiger partial charge is 0.462 e. The summed E-state index contributed by atoms with van der Waals surface area (Å²) >= 11 is 0. The number of carbonyl (C=O) groups is 2. The number of hydrogen-bond donors (Lipinski definition) is 2. The summed E-state index contributed by atoms with van der Waals surface area (Å²) in [6.07, 6.45) is 33.4. The van der Waals surface area contributed by atoms with E-state index >= 15 is 0 Å². The topological polar surface area (TPSA) is 119 Å². The van der Waals surface area contributed by atoms with Gasteiger partial charge in [-0.15, -0.1) is 0 Å². The number of esters is 2. The maximum atomic E-state index is 12.2. The number of phosphoric acid groups is 1. The fourth-order valence-electron chi connectivity index (χ4n) is 3.02. The molecule has 2 N–H and O–H groups in total. The van der Waals surface area contributed by atoms with Crippen molar-refractivity contribution >= 4 is 19.8 Å². The summed E-state index contributed by atoms with van der Waals surface area (Å²) in [4.78, 5) is 42.2. The molecule has 40 heavy (non-hydrogen) atoms. The Morgan fingerprint density at radius 2 is 1.25 bits per heavy atom. The van der Waals surface area contributed by atoms with Crippen LogP contribution in [0.4, 0.5) is 0 Å². The Kier molecular flexibility index (Phi) is 24.6. The Hall–Kier alpha value is -2.77. The molecular weight excluding hydrogens is 531 g/mol. The molecular formula is C31H47O8P. The maximum Gasteiger partial charge on any atom is 0.469 e. The van der Waals surface area contributed by atoms with Crippen LogP contribution in [0.15, 0.2) is 85.1 Å². The van der Waals surface area contributed by atoms with E-state index in [-0.39, 0.29) is 19.4 Å². The highest BCUT2D eigenvalue weighted by Gasteiger charge is 2.22. The van der Waals surface area contributed by atoms with Gasteiger partial charge in [0.25, 0.3) is 0 Å². The van der Waals surface area contributed by atoms with E-state index in [4.69, 9.17) is 19.3 Å². The molecule has 0 aromatic carbocycles. The Morgan fingerprint density at radius 1 is 0.675 bits per heavy atom. The molecule has 0 aromatic rings. The predicted octanol–water partition coefficient (Wildman–Crippen LogP) is 7.38. The van der Waals surface area contributed by atoms with Crippen LogP contribution in [0.25, 0.3) is 0 Å². The van der Waals surface area contributed by atoms with Gasteiger partial charge < -0.3 is 19.3 Å². The van der Waals surface area contributed by atoms with E-state index < -0.39 is 32.5 Å². The molecule has 0 fully saturated rings. The zero-order valence-corrected chi connectivity index (χ0v) is 24.8. The lowest BCUT2D eigenvalue weighted by molar-refractivity contribution is -0.161. The molecule has 1 atom stereocenters. The lowest BCUT2D eigenvalue weighted by Crippen LogP contribution is -2.29. The Morgan fingerprint density at radius 3 is 1.90 bits per heavy atom. The quantitative estimate of drug-likeness (QED) is 0.0424. The molecule has 0 heterocycles. The van der Waals surface area contributed by atoms with Gasteiger partial charge in [0.15, 0.2) is 6.10 Å². The van der Waals surface area contributed by atoms with E-state index in [1.807, 2.05) is 54.7 Å². The molecule has 0 saturated heterocycles. The van der Waals surface area contributed by atoms with Crippen LogP contribution >= 0.6 is 7.82 Å². The highest BCUT2D eigenvalue weighted by Crippen LogP contribution is 2.35. The van der Waals surface area contributed by atoms with Gasteiger partial charge in [-0.1, -0.05) is 98.9 Å². The van der Waals surface area contributed by atoms with Crippen LogP contribution in [-0.2, 0) is 28.2 Å². The van der Waals surface area contributed by atoms with Gasteiger partial charge in [-0.05, 0) is 51.4 Å². The minimum absolute atomic E-state index is 0.103. The van der Waals surface area contributed by atoms with Crippen molar-refractivity contribution in [3.05, 3.63) is 85.1 Å². The molecule has 0 aromatic heterocycles. The van der Waals surface area contributed by atoms with Crippen LogP contribution in [0.2, 0.25) is 0 Å². The highest BCUT2D eigenvalue weighted by molar-refractivity contribution is 7.46. The van der Waals surface area contributed by atoms with E-state index in [9.17, 15) is 14.2 Å². The van der Waals surface area contributed by atoms with Gasteiger partial charge in [-0.25, -0.2) is 4.57 Å². The summed E-state index contributed by atoms with van der Waals surface area (Å²) in [6.45, 7) is 3.25. The Labute approximate surface area is 240 Å². The number of rotatable bonds is 23. The lowest BCUT2D eigenvalue weighted by atomic mass is 10.2. The molecule has 0 saturated carbocycles. The van der Waals surface area contributed by atoms with Crippen molar-refractivity contribution in [2.75, 3.05) is 13.2 Å². The standard InChI is InChI=1S/C31H47O8P/c1-3-5-7-9-11-13-14-15-16-18-20-22-24-26-31(33)39-29(28-38-40(34,35)36)27-37-30(32)25-23-21-19-17-12-10-8-6-4-2/h5-9,11-18,20,29H,3-4,10,19,21-28H2,1-2H3,(H2,34,35,36)/b7-5+,8-6+,11-9+,14-13+,16-15+,17-12+,20-18+. The highest BCUT2D eigenvalue weighted by atomic mass is 31.2. The van der Waals surface area contributed by atoms with Gasteiger partial charge in [0.05, 0.1) is 6.61 Å². The molecule has 0 spiro atoms. The molecule has 0 bridgehead atoms. The third-order valence-corrected chi connectivity index (χ3v) is 5.52. The van der Waals surface area contributed by atoms with Gasteiger partial charge in [-0.3, -0.25) is 14.1 Å². The summed E-state index contributed by atoms with van der Waals surface area (Å²) in [7, 11) is -4.77. The summed E-state index contributed by atoms with van der Waals surface area (Å²) in [5.41, 5.74) is 0. The first kappa shape index (κ1) is 37.2. The van der Waals surface area contributed by atoms with E-state index in [0.29, 0.717) is 19.3 Å². The number of allylic oxidation sites excluding steroid dienone is 14. The predicted molar refractivity (Wildman–Crippen MR) is 160 cm³/mol. The van der Waals surface area contributed by atoms with Crippen LogP contribution in [0, 0.1) is 0 Å². The number of phosphoric ester groups is 1. The monoisotopic (exact) mass is 578 g/mol. The SMILES string of the molecule is CC/C=C/C=C/C=C/C=C/C=C/CCCC(=O)OC(COC(=O)CCCC/C=C/C/C=C/CC)COP(=O)(O)O. The zero-order chi connectivity index (χ0) is 29.7. The molecule has 224 valence electrons. The largest absolute Gasteiger partial charge is 0.469 e. The second kappa shape index (κ2) is 26.5. The van der Waals surface area contributed by atoms with Crippen LogP contribution in [-0.4, -0.2) is 41.0 Å². The van der Waals surface area contributed by atoms with Crippen molar-refractivity contribution in [3.63, 3.8) is 0 Å². The minimum atomic E-state index is -4.77. The Balaban J connectivity index is 4.34. The van der Waals surface area contributed by atoms with Crippen molar-refractivity contribution in [1.82, 2.24) is 0 Å². The van der Waals surface area contributed by atoms with Gasteiger partial charge in [0.1, 0.15) is 6.61 Å². The molecule has 0 amide bonds. The van der Waals surface area contributed by atoms with E-state index in [1.54, 1.807) is 0 Å². The number of hydrogen-bond acceptors (Lipinski definition) is 6. The third kappa shape index (κ3) is 28.2. The average Bonchev–Trinajstić information content (AvgIpc) is 2.91. The zero-order valence-electron chi connectivity index (χ0n) is 23.9. The van der Waals surface area contributed by atoms with E-state index in [2.05, 4.69) is 48.8 Å². The molecule has 0 rings (SSSR count). The van der Waals surface area contributed by atoms with E-state index in [0.717, 1.165) is 32.1 Å². The number of carbonyl (C=O) groups excluding carboxylic acids is 2. The second-order valence-corrected chi connectivity index (χ2v) is 9.96. The molecule has 0 aliphatic heterocycles. The van der Waals surface area contributed by atoms with Gasteiger partial charge in [-0.2, -0.15) is 0 Å². The summed E-state index contributed by atoms with van der Waals surface area (Å²) in [5.74, 6) is -1.03. The number of ether oxygens (including phenoxy) is 2. The van der Waals surface area contributed by atoms with Gasteiger partial charge in [0.2, 0.25) is 0 Å². The summed E-state index contributed by atoms with van der Waals surface area (Å²) in [5, 5.41) is 0.